The van der Waals surface area contributed by atoms with Crippen molar-refractivity contribution in [2.24, 2.45) is 5.92 Å². The molecule has 2 aliphatic rings. The van der Waals surface area contributed by atoms with E-state index in [1.54, 1.807) is 17.3 Å². The summed E-state index contributed by atoms with van der Waals surface area (Å²) in [6.07, 6.45) is 6.67. The third kappa shape index (κ3) is 3.35. The molecule has 0 radical (unpaired) electrons. The van der Waals surface area contributed by atoms with Gasteiger partial charge >= 0.3 is 6.03 Å². The van der Waals surface area contributed by atoms with E-state index in [2.05, 4.69) is 41.4 Å². The van der Waals surface area contributed by atoms with Crippen molar-refractivity contribution in [2.75, 3.05) is 10.2 Å². The standard InChI is InChI=1S/C23H25N5O2S/c1-12(2)16-11-14(7-9-24-16)28-17-8-10-25-22-18(17)19(27-23(28)30)20(31-22)21(29)26-15-6-4-5-13(15)3/h7-13,15H,4-6H2,1-3H3,(H,26,29)(H,27,30)/t13-,15+/m0/s1. The Morgan fingerprint density at radius 3 is 2.81 bits per heavy atom. The lowest BCUT2D eigenvalue weighted by atomic mass is 10.1. The number of carbonyl (C=O) groups excluding carboxylic acids is 2. The molecule has 3 aromatic rings. The molecule has 1 aliphatic carbocycles. The largest absolute Gasteiger partial charge is 0.348 e. The smallest absolute Gasteiger partial charge is 0.331 e. The van der Waals surface area contributed by atoms with Crippen molar-refractivity contribution in [1.82, 2.24) is 15.3 Å². The molecule has 7 nitrogen and oxygen atoms in total. The minimum absolute atomic E-state index is 0.137. The zero-order valence-corrected chi connectivity index (χ0v) is 18.6. The van der Waals surface area contributed by atoms with Gasteiger partial charge in [-0.2, -0.15) is 0 Å². The van der Waals surface area contributed by atoms with Crippen LogP contribution in [0.3, 0.4) is 0 Å². The van der Waals surface area contributed by atoms with E-state index in [0.717, 1.165) is 46.5 Å². The summed E-state index contributed by atoms with van der Waals surface area (Å²) in [5.41, 5.74) is 2.95. The molecule has 2 N–H and O–H groups in total. The molecule has 4 heterocycles. The topological polar surface area (TPSA) is 87.2 Å². The van der Waals surface area contributed by atoms with Gasteiger partial charge in [-0.3, -0.25) is 14.7 Å². The number of pyridine rings is 2. The van der Waals surface area contributed by atoms with Crippen molar-refractivity contribution in [2.45, 2.75) is 52.0 Å². The predicted octanol–water partition coefficient (Wildman–Crippen LogP) is 5.42. The molecule has 1 saturated carbocycles. The number of hydrogen-bond acceptors (Lipinski definition) is 5. The third-order valence-corrected chi connectivity index (χ3v) is 7.34. The molecular formula is C23H25N5O2S. The van der Waals surface area contributed by atoms with Gasteiger partial charge in [0.2, 0.25) is 0 Å². The number of carbonyl (C=O) groups is 2. The zero-order chi connectivity index (χ0) is 21.7. The summed E-state index contributed by atoms with van der Waals surface area (Å²) in [5, 5.41) is 6.94. The van der Waals surface area contributed by atoms with E-state index in [0.29, 0.717) is 16.5 Å². The molecule has 0 bridgehead atoms. The highest BCUT2D eigenvalue weighted by Crippen LogP contribution is 2.45. The summed E-state index contributed by atoms with van der Waals surface area (Å²) in [6, 6.07) is 5.47. The Morgan fingerprint density at radius 2 is 2.06 bits per heavy atom. The average Bonchev–Trinajstić information content (AvgIpc) is 3.32. The Kier molecular flexibility index (Phi) is 4.89. The molecule has 0 unspecified atom stereocenters. The lowest BCUT2D eigenvalue weighted by Crippen LogP contribution is -2.37. The second-order valence-corrected chi connectivity index (χ2v) is 9.66. The molecule has 5 rings (SSSR count). The molecule has 1 fully saturated rings. The zero-order valence-electron chi connectivity index (χ0n) is 17.8. The van der Waals surface area contributed by atoms with Gasteiger partial charge in [-0.05, 0) is 42.9 Å². The Morgan fingerprint density at radius 1 is 1.26 bits per heavy atom. The maximum Gasteiger partial charge on any atom is 0.331 e. The Labute approximate surface area is 184 Å². The average molecular weight is 436 g/mol. The van der Waals surface area contributed by atoms with E-state index in [9.17, 15) is 9.59 Å². The number of thiophene rings is 1. The third-order valence-electron chi connectivity index (χ3n) is 6.24. The number of aromatic nitrogens is 2. The molecule has 2 atom stereocenters. The van der Waals surface area contributed by atoms with E-state index >= 15 is 0 Å². The molecule has 3 aromatic heterocycles. The Balaban J connectivity index is 1.57. The van der Waals surface area contributed by atoms with Gasteiger partial charge in [-0.15, -0.1) is 11.3 Å². The number of amides is 3. The van der Waals surface area contributed by atoms with Crippen LogP contribution in [0.15, 0.2) is 30.6 Å². The van der Waals surface area contributed by atoms with Gasteiger partial charge in [-0.1, -0.05) is 27.2 Å². The minimum atomic E-state index is -0.289. The second-order valence-electron chi connectivity index (χ2n) is 8.66. The van der Waals surface area contributed by atoms with Crippen LogP contribution >= 0.6 is 11.3 Å². The van der Waals surface area contributed by atoms with E-state index in [1.165, 1.54) is 11.3 Å². The summed E-state index contributed by atoms with van der Waals surface area (Å²) in [7, 11) is 0. The predicted molar refractivity (Wildman–Crippen MR) is 123 cm³/mol. The van der Waals surface area contributed by atoms with Crippen molar-refractivity contribution in [3.8, 4) is 0 Å². The summed E-state index contributed by atoms with van der Waals surface area (Å²) in [6.45, 7) is 6.31. The van der Waals surface area contributed by atoms with Gasteiger partial charge < -0.3 is 10.6 Å². The number of hydrogen-bond donors (Lipinski definition) is 2. The first kappa shape index (κ1) is 19.9. The van der Waals surface area contributed by atoms with E-state index in [-0.39, 0.29) is 23.9 Å². The molecule has 3 amide bonds. The highest BCUT2D eigenvalue weighted by atomic mass is 32.1. The van der Waals surface area contributed by atoms with Crippen LogP contribution in [0.2, 0.25) is 0 Å². The number of nitrogens with zero attached hydrogens (tertiary/aromatic N) is 3. The molecule has 1 aliphatic heterocycles. The van der Waals surface area contributed by atoms with Crippen molar-refractivity contribution < 1.29 is 9.59 Å². The number of rotatable bonds is 4. The Bertz CT molecular complexity index is 1190. The second kappa shape index (κ2) is 7.60. The van der Waals surface area contributed by atoms with Crippen LogP contribution in [0, 0.1) is 5.92 Å². The normalized spacial score (nSPS) is 20.4. The van der Waals surface area contributed by atoms with Crippen LogP contribution in [0.1, 0.15) is 61.3 Å². The van der Waals surface area contributed by atoms with Gasteiger partial charge in [0, 0.05) is 24.1 Å². The molecule has 0 spiro atoms. The van der Waals surface area contributed by atoms with Gasteiger partial charge in [0.25, 0.3) is 5.91 Å². The molecule has 8 heteroatoms. The van der Waals surface area contributed by atoms with Gasteiger partial charge in [0.05, 0.1) is 22.4 Å². The maximum atomic E-state index is 13.2. The summed E-state index contributed by atoms with van der Waals surface area (Å²) in [5.74, 6) is 0.577. The fourth-order valence-electron chi connectivity index (χ4n) is 4.49. The molecule has 31 heavy (non-hydrogen) atoms. The van der Waals surface area contributed by atoms with Crippen LogP contribution in [0.5, 0.6) is 0 Å². The van der Waals surface area contributed by atoms with Gasteiger partial charge in [0.15, 0.2) is 0 Å². The Hall–Kier alpha value is -3.00. The van der Waals surface area contributed by atoms with Crippen LogP contribution < -0.4 is 15.5 Å². The van der Waals surface area contributed by atoms with E-state index in [1.807, 2.05) is 18.2 Å². The van der Waals surface area contributed by atoms with Crippen molar-refractivity contribution >= 4 is 50.6 Å². The SMILES string of the molecule is CC(C)c1cc(N2C(=O)Nc3c(C(=O)N[C@@H]4CCC[C@@H]4C)sc4nccc2c34)ccn1. The molecule has 160 valence electrons. The monoisotopic (exact) mass is 435 g/mol. The summed E-state index contributed by atoms with van der Waals surface area (Å²) < 4.78 is 0. The fourth-order valence-corrected chi connectivity index (χ4v) is 5.51. The number of nitrogens with one attached hydrogen (secondary N) is 2. The van der Waals surface area contributed by atoms with Crippen LogP contribution in [-0.4, -0.2) is 27.9 Å². The summed E-state index contributed by atoms with van der Waals surface area (Å²) >= 11 is 1.33. The van der Waals surface area contributed by atoms with Crippen LogP contribution in [0.25, 0.3) is 10.2 Å². The van der Waals surface area contributed by atoms with E-state index < -0.39 is 0 Å². The highest BCUT2D eigenvalue weighted by molar-refractivity contribution is 7.21. The number of anilines is 3. The molecule has 0 saturated heterocycles. The van der Waals surface area contributed by atoms with Gasteiger partial charge in [0.1, 0.15) is 9.71 Å². The first-order chi connectivity index (χ1) is 14.9. The first-order valence-electron chi connectivity index (χ1n) is 10.7. The van der Waals surface area contributed by atoms with Crippen molar-refractivity contribution in [1.29, 1.82) is 0 Å². The van der Waals surface area contributed by atoms with Crippen molar-refractivity contribution in [3.63, 3.8) is 0 Å². The van der Waals surface area contributed by atoms with Crippen LogP contribution in [-0.2, 0) is 0 Å². The van der Waals surface area contributed by atoms with E-state index in [4.69, 9.17) is 0 Å². The van der Waals surface area contributed by atoms with Crippen LogP contribution in [0.4, 0.5) is 21.9 Å². The number of urea groups is 1. The van der Waals surface area contributed by atoms with Crippen molar-refractivity contribution in [3.05, 3.63) is 41.2 Å². The quantitative estimate of drug-likeness (QED) is 0.573. The van der Waals surface area contributed by atoms with Gasteiger partial charge in [-0.25, -0.2) is 9.78 Å². The minimum Gasteiger partial charge on any atom is -0.348 e. The maximum absolute atomic E-state index is 13.2. The lowest BCUT2D eigenvalue weighted by Gasteiger charge is -2.28. The fraction of sp³-hybridized carbons (Fsp3) is 0.391. The molecular weight excluding hydrogens is 410 g/mol. The lowest BCUT2D eigenvalue weighted by molar-refractivity contribution is 0.0934. The summed E-state index contributed by atoms with van der Waals surface area (Å²) in [4.78, 5) is 38.1. The molecule has 0 aromatic carbocycles. The highest BCUT2D eigenvalue weighted by Gasteiger charge is 2.34. The first-order valence-corrected chi connectivity index (χ1v) is 11.5.